The lowest BCUT2D eigenvalue weighted by atomic mass is 10.1. The fourth-order valence-corrected chi connectivity index (χ4v) is 3.86. The second-order valence-electron chi connectivity index (χ2n) is 10.4. The predicted octanol–water partition coefficient (Wildman–Crippen LogP) is 5.02. The van der Waals surface area contributed by atoms with Crippen molar-refractivity contribution in [1.82, 2.24) is 10.6 Å². The first-order valence-corrected chi connectivity index (χ1v) is 12.9. The van der Waals surface area contributed by atoms with Crippen LogP contribution in [0.1, 0.15) is 58.1 Å². The van der Waals surface area contributed by atoms with Crippen molar-refractivity contribution in [2.24, 2.45) is 5.92 Å². The van der Waals surface area contributed by atoms with Crippen LogP contribution in [0.25, 0.3) is 0 Å². The number of nitrogens with one attached hydrogen (secondary N) is 2. The van der Waals surface area contributed by atoms with Crippen LogP contribution >= 0.6 is 0 Å². The molecule has 0 saturated heterocycles. The fourth-order valence-electron chi connectivity index (χ4n) is 3.86. The monoisotopic (exact) mass is 496 g/mol. The molecule has 36 heavy (non-hydrogen) atoms. The number of rotatable bonds is 13. The van der Waals surface area contributed by atoms with Gasteiger partial charge in [-0.3, -0.25) is 4.79 Å². The summed E-state index contributed by atoms with van der Waals surface area (Å²) < 4.78 is 17.1. The Morgan fingerprint density at radius 1 is 1.03 bits per heavy atom. The van der Waals surface area contributed by atoms with E-state index in [-0.39, 0.29) is 24.7 Å². The molecular weight excluding hydrogens is 456 g/mol. The minimum atomic E-state index is -0.500. The molecule has 2 N–H and O–H groups in total. The van der Waals surface area contributed by atoms with E-state index in [1.165, 1.54) is 0 Å². The molecule has 1 saturated carbocycles. The maximum absolute atomic E-state index is 12.6. The molecule has 2 atom stereocenters. The number of alkyl carbamates (subject to hydrolysis) is 1. The number of hydrogen-bond acceptors (Lipinski definition) is 6. The molecule has 196 valence electrons. The zero-order chi connectivity index (χ0) is 26.0. The number of benzene rings is 2. The summed E-state index contributed by atoms with van der Waals surface area (Å²) in [7, 11) is 0. The highest BCUT2D eigenvalue weighted by molar-refractivity contribution is 5.77. The van der Waals surface area contributed by atoms with Crippen LogP contribution in [0, 0.1) is 5.92 Å². The zero-order valence-electron chi connectivity index (χ0n) is 21.9. The quantitative estimate of drug-likeness (QED) is 0.299. The van der Waals surface area contributed by atoms with E-state index >= 15 is 0 Å². The van der Waals surface area contributed by atoms with E-state index < -0.39 is 11.7 Å². The molecule has 1 aliphatic carbocycles. The van der Waals surface area contributed by atoms with Crippen molar-refractivity contribution in [1.29, 1.82) is 0 Å². The van der Waals surface area contributed by atoms with Crippen molar-refractivity contribution in [3.63, 3.8) is 0 Å². The van der Waals surface area contributed by atoms with E-state index in [4.69, 9.17) is 14.2 Å². The van der Waals surface area contributed by atoms with Crippen LogP contribution in [0.3, 0.4) is 0 Å². The molecule has 0 aliphatic heterocycles. The Kier molecular flexibility index (Phi) is 10.2. The standard InChI is InChI=1S/C29H40N2O5/c1-21(19-31-26(24-16-17-24)27(32)36-29(2,3)4)35-25-15-9-8-13-23(25)14-10-18-30-28(33)34-20-22-11-6-5-7-12-22/h5-9,11-13,15,21,24,26,31H,10,14,16-20H2,1-4H3,(H,30,33)/t21-,26+/m1/s1. The summed E-state index contributed by atoms with van der Waals surface area (Å²) in [5, 5.41) is 6.17. The van der Waals surface area contributed by atoms with E-state index in [0.29, 0.717) is 19.0 Å². The number of amides is 1. The molecule has 2 aromatic carbocycles. The number of para-hydroxylation sites is 1. The van der Waals surface area contributed by atoms with Gasteiger partial charge in [0.05, 0.1) is 0 Å². The number of ether oxygens (including phenoxy) is 3. The number of esters is 1. The predicted molar refractivity (Wildman–Crippen MR) is 140 cm³/mol. The molecule has 0 radical (unpaired) electrons. The molecule has 3 rings (SSSR count). The Morgan fingerprint density at radius 2 is 1.72 bits per heavy atom. The second kappa shape index (κ2) is 13.3. The van der Waals surface area contributed by atoms with Gasteiger partial charge >= 0.3 is 12.1 Å². The molecule has 7 nitrogen and oxygen atoms in total. The summed E-state index contributed by atoms with van der Waals surface area (Å²) in [6, 6.07) is 17.2. The Hall–Kier alpha value is -3.06. The lowest BCUT2D eigenvalue weighted by molar-refractivity contribution is -0.158. The molecule has 1 aliphatic rings. The van der Waals surface area contributed by atoms with Crippen molar-refractivity contribution in [3.05, 3.63) is 65.7 Å². The summed E-state index contributed by atoms with van der Waals surface area (Å²) in [6.45, 7) is 8.97. The van der Waals surface area contributed by atoms with Crippen LogP contribution in [0.2, 0.25) is 0 Å². The summed E-state index contributed by atoms with van der Waals surface area (Å²) in [5.41, 5.74) is 1.53. The highest BCUT2D eigenvalue weighted by Gasteiger charge is 2.38. The van der Waals surface area contributed by atoms with Crippen molar-refractivity contribution in [2.45, 2.75) is 77.7 Å². The highest BCUT2D eigenvalue weighted by Crippen LogP contribution is 2.34. The maximum Gasteiger partial charge on any atom is 0.407 e. The normalized spacial score (nSPS) is 15.0. The van der Waals surface area contributed by atoms with Crippen LogP contribution in [0.15, 0.2) is 54.6 Å². The minimum Gasteiger partial charge on any atom is -0.489 e. The van der Waals surface area contributed by atoms with Crippen molar-refractivity contribution in [3.8, 4) is 5.75 Å². The molecule has 1 amide bonds. The van der Waals surface area contributed by atoms with Gasteiger partial charge in [-0.15, -0.1) is 0 Å². The Labute approximate surface area is 214 Å². The Bertz CT molecular complexity index is 969. The van der Waals surface area contributed by atoms with E-state index in [2.05, 4.69) is 10.6 Å². The first kappa shape index (κ1) is 27.5. The topological polar surface area (TPSA) is 85.9 Å². The third-order valence-electron chi connectivity index (χ3n) is 5.79. The molecule has 0 bridgehead atoms. The number of aryl methyl sites for hydroxylation is 1. The molecule has 1 fully saturated rings. The van der Waals surface area contributed by atoms with Gasteiger partial charge in [0.1, 0.15) is 30.1 Å². The average molecular weight is 497 g/mol. The van der Waals surface area contributed by atoms with Crippen LogP contribution in [-0.4, -0.2) is 42.9 Å². The van der Waals surface area contributed by atoms with Crippen molar-refractivity contribution >= 4 is 12.1 Å². The average Bonchev–Trinajstić information content (AvgIpc) is 3.66. The fraction of sp³-hybridized carbons (Fsp3) is 0.517. The summed E-state index contributed by atoms with van der Waals surface area (Å²) in [5.74, 6) is 0.970. The SMILES string of the molecule is C[C@H](CN[C@H](C(=O)OC(C)(C)C)C1CC1)Oc1ccccc1CCCNC(=O)OCc1ccccc1. The molecule has 0 heterocycles. The lowest BCUT2D eigenvalue weighted by Gasteiger charge is -2.26. The molecule has 0 spiro atoms. The number of hydrogen-bond donors (Lipinski definition) is 2. The van der Waals surface area contributed by atoms with Crippen LogP contribution in [-0.2, 0) is 27.3 Å². The molecular formula is C29H40N2O5. The van der Waals surface area contributed by atoms with E-state index in [1.807, 2.05) is 82.3 Å². The zero-order valence-corrected chi connectivity index (χ0v) is 21.9. The summed E-state index contributed by atoms with van der Waals surface area (Å²) in [6.07, 6.45) is 3.07. The van der Waals surface area contributed by atoms with Crippen LogP contribution in [0.4, 0.5) is 4.79 Å². The number of carbonyl (C=O) groups excluding carboxylic acids is 2. The van der Waals surface area contributed by atoms with Gasteiger partial charge in [-0.1, -0.05) is 48.5 Å². The van der Waals surface area contributed by atoms with Crippen LogP contribution in [0.5, 0.6) is 5.75 Å². The largest absolute Gasteiger partial charge is 0.489 e. The first-order valence-electron chi connectivity index (χ1n) is 12.9. The van der Waals surface area contributed by atoms with Gasteiger partial charge < -0.3 is 24.8 Å². The minimum absolute atomic E-state index is 0.124. The third-order valence-corrected chi connectivity index (χ3v) is 5.79. The Morgan fingerprint density at radius 3 is 2.42 bits per heavy atom. The first-order chi connectivity index (χ1) is 17.2. The third kappa shape index (κ3) is 9.90. The maximum atomic E-state index is 12.6. The molecule has 2 aromatic rings. The highest BCUT2D eigenvalue weighted by atomic mass is 16.6. The summed E-state index contributed by atoms with van der Waals surface area (Å²) in [4.78, 5) is 24.6. The smallest absolute Gasteiger partial charge is 0.407 e. The van der Waals surface area contributed by atoms with Gasteiger partial charge in [0.2, 0.25) is 0 Å². The number of carbonyl (C=O) groups is 2. The van der Waals surface area contributed by atoms with Gasteiger partial charge in [0.25, 0.3) is 0 Å². The van der Waals surface area contributed by atoms with Crippen molar-refractivity contribution in [2.75, 3.05) is 13.1 Å². The Balaban J connectivity index is 1.40. The van der Waals surface area contributed by atoms with Gasteiger partial charge in [-0.2, -0.15) is 0 Å². The van der Waals surface area contributed by atoms with Gasteiger partial charge in [0.15, 0.2) is 0 Å². The molecule has 7 heteroatoms. The van der Waals surface area contributed by atoms with Gasteiger partial charge in [-0.25, -0.2) is 4.79 Å². The lowest BCUT2D eigenvalue weighted by Crippen LogP contribution is -2.46. The second-order valence-corrected chi connectivity index (χ2v) is 10.4. The van der Waals surface area contributed by atoms with E-state index in [1.54, 1.807) is 0 Å². The van der Waals surface area contributed by atoms with Gasteiger partial charge in [-0.05, 0) is 76.5 Å². The molecule has 0 unspecified atom stereocenters. The van der Waals surface area contributed by atoms with E-state index in [9.17, 15) is 9.59 Å². The van der Waals surface area contributed by atoms with E-state index in [0.717, 1.165) is 42.6 Å². The summed E-state index contributed by atoms with van der Waals surface area (Å²) >= 11 is 0. The van der Waals surface area contributed by atoms with Crippen molar-refractivity contribution < 1.29 is 23.8 Å². The van der Waals surface area contributed by atoms with Gasteiger partial charge in [0, 0.05) is 13.1 Å². The van der Waals surface area contributed by atoms with Crippen LogP contribution < -0.4 is 15.4 Å². The molecule has 0 aromatic heterocycles.